The van der Waals surface area contributed by atoms with Gasteiger partial charge < -0.3 is 10.2 Å². The van der Waals surface area contributed by atoms with Crippen LogP contribution in [0, 0.1) is 0 Å². The first-order valence-electron chi connectivity index (χ1n) is 2.67. The van der Waals surface area contributed by atoms with Gasteiger partial charge in [0.05, 0.1) is 12.2 Å². The molecule has 2 N–H and O–H groups in total. The average molecular weight is 116 g/mol. The van der Waals surface area contributed by atoms with Gasteiger partial charge in [-0.05, 0) is 13.8 Å². The Bertz CT molecular complexity index is 64.6. The zero-order valence-electron chi connectivity index (χ0n) is 5.20. The van der Waals surface area contributed by atoms with E-state index in [9.17, 15) is 0 Å². The summed E-state index contributed by atoms with van der Waals surface area (Å²) in [6, 6.07) is 0. The number of hydrogen-bond acceptors (Lipinski definition) is 2. The average Bonchev–Trinajstić information content (AvgIpc) is 1.61. The Morgan fingerprint density at radius 3 is 1.38 bits per heavy atom. The number of hydrogen-bond donors (Lipinski definition) is 2. The summed E-state index contributed by atoms with van der Waals surface area (Å²) in [5.41, 5.74) is 0. The van der Waals surface area contributed by atoms with Gasteiger partial charge in [0.1, 0.15) is 0 Å². The van der Waals surface area contributed by atoms with Crippen molar-refractivity contribution in [1.82, 2.24) is 0 Å². The predicted molar refractivity (Wildman–Crippen MR) is 32.5 cm³/mol. The van der Waals surface area contributed by atoms with Crippen LogP contribution in [0.25, 0.3) is 0 Å². The summed E-state index contributed by atoms with van der Waals surface area (Å²) in [5, 5.41) is 17.2. The fourth-order valence-electron chi connectivity index (χ4n) is 0.322. The molecule has 0 aliphatic carbocycles. The molecule has 0 aromatic rings. The maximum absolute atomic E-state index is 8.60. The number of aliphatic hydroxyl groups is 2. The van der Waals surface area contributed by atoms with Crippen LogP contribution in [0.5, 0.6) is 0 Å². The van der Waals surface area contributed by atoms with Gasteiger partial charge in [-0.2, -0.15) is 0 Å². The highest BCUT2D eigenvalue weighted by molar-refractivity contribution is 4.89. The second-order valence-electron chi connectivity index (χ2n) is 1.87. The quantitative estimate of drug-likeness (QED) is 0.509. The third kappa shape index (κ3) is 5.66. The van der Waals surface area contributed by atoms with E-state index in [1.54, 1.807) is 26.0 Å². The highest BCUT2D eigenvalue weighted by Crippen LogP contribution is 1.86. The smallest absolute Gasteiger partial charge is 0.0693 e. The van der Waals surface area contributed by atoms with Crippen molar-refractivity contribution in [1.29, 1.82) is 0 Å². The van der Waals surface area contributed by atoms with Gasteiger partial charge >= 0.3 is 0 Å². The summed E-state index contributed by atoms with van der Waals surface area (Å²) in [7, 11) is 0. The molecule has 0 spiro atoms. The van der Waals surface area contributed by atoms with E-state index in [0.717, 1.165) is 0 Å². The molecular formula is C6H12O2. The van der Waals surface area contributed by atoms with Crippen LogP contribution in [-0.4, -0.2) is 22.4 Å². The van der Waals surface area contributed by atoms with Gasteiger partial charge in [-0.1, -0.05) is 12.2 Å². The van der Waals surface area contributed by atoms with E-state index in [2.05, 4.69) is 0 Å². The Morgan fingerprint density at radius 2 is 1.25 bits per heavy atom. The second kappa shape index (κ2) is 3.64. The Hall–Kier alpha value is -0.340. The van der Waals surface area contributed by atoms with E-state index in [1.165, 1.54) is 0 Å². The molecule has 2 atom stereocenters. The molecule has 0 radical (unpaired) electrons. The molecule has 0 bridgehead atoms. The van der Waals surface area contributed by atoms with Gasteiger partial charge in [-0.15, -0.1) is 0 Å². The number of rotatable bonds is 2. The summed E-state index contributed by atoms with van der Waals surface area (Å²) in [5.74, 6) is 0. The lowest BCUT2D eigenvalue weighted by atomic mass is 10.3. The first kappa shape index (κ1) is 7.66. The minimum atomic E-state index is -0.454. The van der Waals surface area contributed by atoms with Gasteiger partial charge in [0.2, 0.25) is 0 Å². The predicted octanol–water partition coefficient (Wildman–Crippen LogP) is 0.304. The van der Waals surface area contributed by atoms with Crippen LogP contribution in [0.4, 0.5) is 0 Å². The second-order valence-corrected chi connectivity index (χ2v) is 1.87. The van der Waals surface area contributed by atoms with Crippen LogP contribution in [-0.2, 0) is 0 Å². The topological polar surface area (TPSA) is 40.5 Å². The zero-order valence-corrected chi connectivity index (χ0v) is 5.20. The molecule has 0 rings (SSSR count). The molecule has 2 nitrogen and oxygen atoms in total. The lowest BCUT2D eigenvalue weighted by Crippen LogP contribution is -1.97. The fraction of sp³-hybridized carbons (Fsp3) is 0.667. The summed E-state index contributed by atoms with van der Waals surface area (Å²) >= 11 is 0. The van der Waals surface area contributed by atoms with Gasteiger partial charge in [0, 0.05) is 0 Å². The molecule has 0 amide bonds. The fourth-order valence-corrected chi connectivity index (χ4v) is 0.322. The van der Waals surface area contributed by atoms with Gasteiger partial charge in [0.25, 0.3) is 0 Å². The first-order chi connectivity index (χ1) is 3.63. The maximum Gasteiger partial charge on any atom is 0.0693 e. The third-order valence-corrected chi connectivity index (χ3v) is 0.668. The van der Waals surface area contributed by atoms with Gasteiger partial charge in [-0.3, -0.25) is 0 Å². The first-order valence-corrected chi connectivity index (χ1v) is 2.67. The van der Waals surface area contributed by atoms with Crippen molar-refractivity contribution in [3.63, 3.8) is 0 Å². The Labute approximate surface area is 49.5 Å². The van der Waals surface area contributed by atoms with Crippen molar-refractivity contribution in [2.45, 2.75) is 26.1 Å². The molecule has 0 aromatic heterocycles. The Morgan fingerprint density at radius 1 is 1.00 bits per heavy atom. The molecule has 0 fully saturated rings. The molecule has 0 saturated heterocycles. The Balaban J connectivity index is 3.34. The molecule has 0 aliphatic heterocycles. The lowest BCUT2D eigenvalue weighted by molar-refractivity contribution is 0.228. The molecule has 0 heterocycles. The van der Waals surface area contributed by atoms with Crippen LogP contribution >= 0.6 is 0 Å². The van der Waals surface area contributed by atoms with Crippen LogP contribution in [0.2, 0.25) is 0 Å². The van der Waals surface area contributed by atoms with E-state index < -0.39 is 12.2 Å². The van der Waals surface area contributed by atoms with E-state index in [4.69, 9.17) is 10.2 Å². The lowest BCUT2D eigenvalue weighted by Gasteiger charge is -1.94. The number of aliphatic hydroxyl groups excluding tert-OH is 2. The van der Waals surface area contributed by atoms with E-state index >= 15 is 0 Å². The van der Waals surface area contributed by atoms with E-state index in [-0.39, 0.29) is 0 Å². The summed E-state index contributed by atoms with van der Waals surface area (Å²) in [4.78, 5) is 0. The highest BCUT2D eigenvalue weighted by atomic mass is 16.3. The zero-order chi connectivity index (χ0) is 6.57. The summed E-state index contributed by atoms with van der Waals surface area (Å²) < 4.78 is 0. The minimum Gasteiger partial charge on any atom is -0.389 e. The van der Waals surface area contributed by atoms with Crippen molar-refractivity contribution in [2.24, 2.45) is 0 Å². The standard InChI is InChI=1S/C6H12O2/c1-5(7)3-4-6(2)8/h3-8H,1-2H3/b4-3+/t5-,6-/m0/s1. The van der Waals surface area contributed by atoms with Gasteiger partial charge in [-0.25, -0.2) is 0 Å². The molecule has 48 valence electrons. The van der Waals surface area contributed by atoms with Crippen LogP contribution in [0.3, 0.4) is 0 Å². The van der Waals surface area contributed by atoms with Crippen LogP contribution < -0.4 is 0 Å². The molecule has 0 unspecified atom stereocenters. The molecular weight excluding hydrogens is 104 g/mol. The van der Waals surface area contributed by atoms with Crippen LogP contribution in [0.1, 0.15) is 13.8 Å². The van der Waals surface area contributed by atoms with Crippen molar-refractivity contribution in [3.05, 3.63) is 12.2 Å². The SMILES string of the molecule is C[C@H](O)/C=C/[C@H](C)O. The molecule has 2 heteroatoms. The van der Waals surface area contributed by atoms with Crippen molar-refractivity contribution in [2.75, 3.05) is 0 Å². The summed E-state index contributed by atoms with van der Waals surface area (Å²) in [6.45, 7) is 3.28. The maximum atomic E-state index is 8.60. The Kier molecular flexibility index (Phi) is 3.48. The normalized spacial score (nSPS) is 19.0. The van der Waals surface area contributed by atoms with E-state index in [1.807, 2.05) is 0 Å². The highest BCUT2D eigenvalue weighted by Gasteiger charge is 1.87. The molecule has 0 aromatic carbocycles. The monoisotopic (exact) mass is 116 g/mol. The van der Waals surface area contributed by atoms with Gasteiger partial charge in [0.15, 0.2) is 0 Å². The minimum absolute atomic E-state index is 0.454. The van der Waals surface area contributed by atoms with Crippen molar-refractivity contribution in [3.8, 4) is 0 Å². The molecule has 8 heavy (non-hydrogen) atoms. The van der Waals surface area contributed by atoms with Crippen molar-refractivity contribution >= 4 is 0 Å². The molecule has 0 aliphatic rings. The van der Waals surface area contributed by atoms with E-state index in [0.29, 0.717) is 0 Å². The largest absolute Gasteiger partial charge is 0.389 e. The third-order valence-electron chi connectivity index (χ3n) is 0.668. The van der Waals surface area contributed by atoms with Crippen molar-refractivity contribution < 1.29 is 10.2 Å². The summed E-state index contributed by atoms with van der Waals surface area (Å²) in [6.07, 6.45) is 2.18. The van der Waals surface area contributed by atoms with Crippen LogP contribution in [0.15, 0.2) is 12.2 Å². The molecule has 0 saturated carbocycles.